The Bertz CT molecular complexity index is 546. The van der Waals surface area contributed by atoms with Gasteiger partial charge >= 0.3 is 5.97 Å². The molecule has 0 atom stereocenters. The van der Waals surface area contributed by atoms with Crippen molar-refractivity contribution in [2.24, 2.45) is 0 Å². The molecule has 0 aromatic carbocycles. The molecule has 0 radical (unpaired) electrons. The highest BCUT2D eigenvalue weighted by Gasteiger charge is 2.12. The molecule has 0 saturated carbocycles. The summed E-state index contributed by atoms with van der Waals surface area (Å²) in [5.74, 6) is 0.168. The summed E-state index contributed by atoms with van der Waals surface area (Å²) < 4.78 is 7.44. The van der Waals surface area contributed by atoms with E-state index in [-0.39, 0.29) is 5.56 Å². The average molecular weight is 277 g/mol. The minimum atomic E-state index is -0.946. The number of imidazole rings is 1. The topological polar surface area (TPSA) is 80.3 Å². The van der Waals surface area contributed by atoms with Crippen LogP contribution in [0.5, 0.6) is 0 Å². The number of aryl methyl sites for hydroxylation is 2. The van der Waals surface area contributed by atoms with Crippen molar-refractivity contribution in [1.82, 2.24) is 14.9 Å². The van der Waals surface area contributed by atoms with Crippen LogP contribution in [0.1, 0.15) is 34.7 Å². The molecule has 0 unspecified atom stereocenters. The van der Waals surface area contributed by atoms with E-state index in [9.17, 15) is 4.79 Å². The maximum atomic E-state index is 10.9. The van der Waals surface area contributed by atoms with Gasteiger partial charge in [-0.3, -0.25) is 0 Å². The van der Waals surface area contributed by atoms with Gasteiger partial charge in [0.1, 0.15) is 17.1 Å². The van der Waals surface area contributed by atoms with Gasteiger partial charge < -0.3 is 19.4 Å². The Morgan fingerprint density at radius 1 is 1.50 bits per heavy atom. The fourth-order valence-corrected chi connectivity index (χ4v) is 2.02. The van der Waals surface area contributed by atoms with E-state index in [1.165, 1.54) is 0 Å². The third kappa shape index (κ3) is 3.96. The summed E-state index contributed by atoms with van der Waals surface area (Å²) in [6.07, 6.45) is 7.65. The fraction of sp³-hybridized carbons (Fsp3) is 0.429. The highest BCUT2D eigenvalue weighted by Crippen LogP contribution is 2.14. The first kappa shape index (κ1) is 14.3. The molecule has 0 amide bonds. The summed E-state index contributed by atoms with van der Waals surface area (Å²) in [5, 5.41) is 12.2. The third-order valence-corrected chi connectivity index (χ3v) is 3.08. The smallest absolute Gasteiger partial charge is 0.339 e. The van der Waals surface area contributed by atoms with E-state index >= 15 is 0 Å². The van der Waals surface area contributed by atoms with Crippen molar-refractivity contribution in [3.8, 4) is 0 Å². The number of aromatic carboxylic acids is 1. The van der Waals surface area contributed by atoms with Crippen LogP contribution in [0, 0.1) is 6.92 Å². The van der Waals surface area contributed by atoms with Crippen molar-refractivity contribution in [1.29, 1.82) is 0 Å². The van der Waals surface area contributed by atoms with Crippen LogP contribution in [0.3, 0.4) is 0 Å². The molecule has 0 saturated heterocycles. The maximum absolute atomic E-state index is 10.9. The van der Waals surface area contributed by atoms with Crippen molar-refractivity contribution in [2.45, 2.75) is 32.9 Å². The predicted octanol–water partition coefficient (Wildman–Crippen LogP) is 2.05. The average Bonchev–Trinajstić information content (AvgIpc) is 3.03. The van der Waals surface area contributed by atoms with E-state index in [0.717, 1.165) is 25.9 Å². The van der Waals surface area contributed by atoms with Gasteiger partial charge in [0.15, 0.2) is 0 Å². The van der Waals surface area contributed by atoms with Gasteiger partial charge in [-0.1, -0.05) is 0 Å². The summed E-state index contributed by atoms with van der Waals surface area (Å²) in [6.45, 7) is 4.05. The van der Waals surface area contributed by atoms with E-state index in [1.807, 2.05) is 12.5 Å². The van der Waals surface area contributed by atoms with Crippen molar-refractivity contribution < 1.29 is 14.3 Å². The number of unbranched alkanes of at least 4 members (excludes halogenated alkanes) is 1. The normalized spacial score (nSPS) is 10.8. The number of nitrogens with one attached hydrogen (secondary N) is 1. The van der Waals surface area contributed by atoms with Gasteiger partial charge in [-0.2, -0.15) is 0 Å². The quantitative estimate of drug-likeness (QED) is 0.722. The molecule has 6 nitrogen and oxygen atoms in total. The zero-order valence-corrected chi connectivity index (χ0v) is 11.5. The number of carbonyl (C=O) groups is 1. The Morgan fingerprint density at radius 2 is 2.35 bits per heavy atom. The number of carboxylic acid groups (broad SMARTS) is 1. The lowest BCUT2D eigenvalue weighted by molar-refractivity contribution is 0.0695. The van der Waals surface area contributed by atoms with E-state index in [1.54, 1.807) is 19.2 Å². The summed E-state index contributed by atoms with van der Waals surface area (Å²) in [4.78, 5) is 14.9. The predicted molar refractivity (Wildman–Crippen MR) is 73.6 cm³/mol. The number of hydrogen-bond donors (Lipinski definition) is 2. The minimum absolute atomic E-state index is 0.238. The van der Waals surface area contributed by atoms with Crippen LogP contribution >= 0.6 is 0 Å². The van der Waals surface area contributed by atoms with Crippen molar-refractivity contribution in [2.75, 3.05) is 6.54 Å². The molecule has 2 rings (SSSR count). The largest absolute Gasteiger partial charge is 0.478 e. The summed E-state index contributed by atoms with van der Waals surface area (Å²) in [5.41, 5.74) is 0.238. The van der Waals surface area contributed by atoms with Crippen molar-refractivity contribution >= 4 is 5.97 Å². The van der Waals surface area contributed by atoms with Crippen molar-refractivity contribution in [3.05, 3.63) is 41.9 Å². The Balaban J connectivity index is 1.63. The van der Waals surface area contributed by atoms with Gasteiger partial charge in [-0.05, 0) is 32.4 Å². The molecule has 2 heterocycles. The SMILES string of the molecule is Cc1oc(CNCCCCn2ccnc2)cc1C(=O)O. The highest BCUT2D eigenvalue weighted by molar-refractivity contribution is 5.88. The molecule has 0 aliphatic rings. The molecule has 0 spiro atoms. The lowest BCUT2D eigenvalue weighted by Gasteiger charge is -2.03. The van der Waals surface area contributed by atoms with Crippen LogP contribution in [-0.4, -0.2) is 27.2 Å². The van der Waals surface area contributed by atoms with Crippen LogP contribution in [0.15, 0.2) is 29.2 Å². The molecule has 2 N–H and O–H groups in total. The van der Waals surface area contributed by atoms with Crippen LogP contribution < -0.4 is 5.32 Å². The minimum Gasteiger partial charge on any atom is -0.478 e. The standard InChI is InChI=1S/C14H19N3O3/c1-11-13(14(18)19)8-12(20-11)9-15-4-2-3-6-17-7-5-16-10-17/h5,7-8,10,15H,2-4,6,9H2,1H3,(H,18,19). The third-order valence-electron chi connectivity index (χ3n) is 3.08. The zero-order chi connectivity index (χ0) is 14.4. The number of aromatic nitrogens is 2. The maximum Gasteiger partial charge on any atom is 0.339 e. The van der Waals surface area contributed by atoms with Crippen LogP contribution in [0.25, 0.3) is 0 Å². The zero-order valence-electron chi connectivity index (χ0n) is 11.5. The second-order valence-electron chi connectivity index (χ2n) is 4.67. The van der Waals surface area contributed by atoms with Crippen molar-refractivity contribution in [3.63, 3.8) is 0 Å². The Morgan fingerprint density at radius 3 is 3.00 bits per heavy atom. The summed E-state index contributed by atoms with van der Waals surface area (Å²) in [6, 6.07) is 1.58. The van der Waals surface area contributed by atoms with Gasteiger partial charge in [0.05, 0.1) is 12.9 Å². The molecule has 0 bridgehead atoms. The van der Waals surface area contributed by atoms with Crippen LogP contribution in [-0.2, 0) is 13.1 Å². The second kappa shape index (κ2) is 6.91. The summed E-state index contributed by atoms with van der Waals surface area (Å²) >= 11 is 0. The molecule has 0 aliphatic carbocycles. The van der Waals surface area contributed by atoms with Gasteiger partial charge in [0.2, 0.25) is 0 Å². The molecule has 2 aromatic rings. The number of carboxylic acids is 1. The number of nitrogens with zero attached hydrogens (tertiary/aromatic N) is 2. The first-order chi connectivity index (χ1) is 9.66. The van der Waals surface area contributed by atoms with Gasteiger partial charge in [0.25, 0.3) is 0 Å². The molecule has 0 aliphatic heterocycles. The molecule has 108 valence electrons. The van der Waals surface area contributed by atoms with Gasteiger partial charge in [-0.15, -0.1) is 0 Å². The molecule has 2 aromatic heterocycles. The fourth-order valence-electron chi connectivity index (χ4n) is 2.02. The molecule has 0 fully saturated rings. The highest BCUT2D eigenvalue weighted by atomic mass is 16.4. The lowest BCUT2D eigenvalue weighted by atomic mass is 10.2. The van der Waals surface area contributed by atoms with Gasteiger partial charge in [0, 0.05) is 18.9 Å². The number of furan rings is 1. The molecular formula is C14H19N3O3. The Hall–Kier alpha value is -2.08. The Kier molecular flexibility index (Phi) is 4.95. The van der Waals surface area contributed by atoms with Crippen LogP contribution in [0.2, 0.25) is 0 Å². The first-order valence-electron chi connectivity index (χ1n) is 6.66. The molecule has 6 heteroatoms. The molecule has 20 heavy (non-hydrogen) atoms. The van der Waals surface area contributed by atoms with E-state index in [2.05, 4.69) is 14.9 Å². The van der Waals surface area contributed by atoms with E-state index in [4.69, 9.17) is 9.52 Å². The first-order valence-corrected chi connectivity index (χ1v) is 6.66. The van der Waals surface area contributed by atoms with Crippen LogP contribution in [0.4, 0.5) is 0 Å². The van der Waals surface area contributed by atoms with E-state index in [0.29, 0.717) is 18.1 Å². The van der Waals surface area contributed by atoms with Gasteiger partial charge in [-0.25, -0.2) is 9.78 Å². The molecular weight excluding hydrogens is 258 g/mol. The summed E-state index contributed by atoms with van der Waals surface area (Å²) in [7, 11) is 0. The number of rotatable bonds is 8. The van der Waals surface area contributed by atoms with E-state index < -0.39 is 5.97 Å². The second-order valence-corrected chi connectivity index (χ2v) is 4.67. The monoisotopic (exact) mass is 277 g/mol. The number of hydrogen-bond acceptors (Lipinski definition) is 4. The lowest BCUT2D eigenvalue weighted by Crippen LogP contribution is -2.14. The Labute approximate surface area is 117 Å².